The van der Waals surface area contributed by atoms with E-state index in [-0.39, 0.29) is 18.2 Å². The number of aromatic nitrogens is 1. The van der Waals surface area contributed by atoms with Crippen molar-refractivity contribution in [1.29, 1.82) is 0 Å². The third-order valence-corrected chi connectivity index (χ3v) is 4.91. The molecule has 0 bridgehead atoms. The van der Waals surface area contributed by atoms with Gasteiger partial charge in [0.05, 0.1) is 12.3 Å². The first kappa shape index (κ1) is 20.0. The molecule has 23 heavy (non-hydrogen) atoms. The summed E-state index contributed by atoms with van der Waals surface area (Å²) in [6, 6.07) is 4.94. The van der Waals surface area contributed by atoms with Crippen molar-refractivity contribution in [3.8, 4) is 0 Å². The van der Waals surface area contributed by atoms with Crippen molar-refractivity contribution in [3.63, 3.8) is 0 Å². The number of carbonyl (C=O) groups excluding carboxylic acids is 1. The van der Waals surface area contributed by atoms with E-state index in [2.05, 4.69) is 16.3 Å². The van der Waals surface area contributed by atoms with Crippen LogP contribution in [0.1, 0.15) is 39.8 Å². The number of esters is 1. The Hall–Kier alpha value is -1.08. The van der Waals surface area contributed by atoms with Gasteiger partial charge in [0.15, 0.2) is 0 Å². The Bertz CT molecular complexity index is 563. The van der Waals surface area contributed by atoms with Gasteiger partial charge in [0.1, 0.15) is 9.90 Å². The molecule has 1 aromatic rings. The van der Waals surface area contributed by atoms with Gasteiger partial charge in [0.25, 0.3) is 0 Å². The summed E-state index contributed by atoms with van der Waals surface area (Å²) in [5.41, 5.74) is -1.05. The number of ether oxygens (including phenoxy) is 1. The molecular weight excluding hydrogens is 336 g/mol. The molecule has 5 nitrogen and oxygen atoms in total. The molecule has 2 atom stereocenters. The average molecular weight is 359 g/mol. The van der Waals surface area contributed by atoms with Gasteiger partial charge in [-0.1, -0.05) is 23.7 Å². The summed E-state index contributed by atoms with van der Waals surface area (Å²) in [6.07, 6.45) is 1.73. The molecule has 7 heteroatoms. The van der Waals surface area contributed by atoms with E-state index in [9.17, 15) is 9.35 Å². The van der Waals surface area contributed by atoms with E-state index in [1.165, 1.54) is 0 Å². The smallest absolute Gasteiger partial charge is 0.337 e. The molecule has 0 amide bonds. The molecule has 0 fully saturated rings. The van der Waals surface area contributed by atoms with Crippen LogP contribution in [0.2, 0.25) is 5.15 Å². The second-order valence-electron chi connectivity index (χ2n) is 5.95. The molecule has 1 heterocycles. The molecular formula is C16H23ClN2O3S. The zero-order valence-electron chi connectivity index (χ0n) is 13.9. The normalized spacial score (nSPS) is 15.6. The van der Waals surface area contributed by atoms with Crippen molar-refractivity contribution >= 4 is 28.9 Å². The van der Waals surface area contributed by atoms with Crippen molar-refractivity contribution in [2.45, 2.75) is 44.4 Å². The maximum absolute atomic E-state index is 12.7. The second kappa shape index (κ2) is 8.15. The molecule has 0 aliphatic rings. The van der Waals surface area contributed by atoms with Gasteiger partial charge in [-0.25, -0.2) is 9.78 Å². The zero-order valence-corrected chi connectivity index (χ0v) is 15.5. The van der Waals surface area contributed by atoms with Gasteiger partial charge < -0.3 is 9.29 Å². The van der Waals surface area contributed by atoms with Crippen LogP contribution in [0.25, 0.3) is 0 Å². The van der Waals surface area contributed by atoms with Crippen molar-refractivity contribution in [1.82, 2.24) is 9.71 Å². The molecule has 0 aliphatic carbocycles. The molecule has 128 valence electrons. The zero-order chi connectivity index (χ0) is 17.7. The Morgan fingerprint density at radius 1 is 1.52 bits per heavy atom. The van der Waals surface area contributed by atoms with E-state index in [0.717, 1.165) is 0 Å². The Morgan fingerprint density at radius 3 is 2.65 bits per heavy atom. The quantitative estimate of drug-likeness (QED) is 0.351. The van der Waals surface area contributed by atoms with Gasteiger partial charge in [-0.3, -0.25) is 0 Å². The highest BCUT2D eigenvalue weighted by Gasteiger charge is 2.48. The predicted octanol–water partition coefficient (Wildman–Crippen LogP) is 3.12. The van der Waals surface area contributed by atoms with Gasteiger partial charge in [-0.15, -0.1) is 11.3 Å². The number of pyridine rings is 1. The number of nitrogens with zero attached hydrogens (tertiary/aromatic N) is 1. The standard InChI is InChI=1S/C16H23ClN2O3S/c1-6-11-16(14(20)22-7-2,19-23(21)15(3,4)5)12-9-8-10-13(17)18-12/h6,8-10,19H,1,7,11H2,2-5H3/t16-,23?/m1/s1. The van der Waals surface area contributed by atoms with Crippen molar-refractivity contribution in [2.75, 3.05) is 6.61 Å². The van der Waals surface area contributed by atoms with Crippen molar-refractivity contribution in [2.24, 2.45) is 0 Å². The summed E-state index contributed by atoms with van der Waals surface area (Å²) >= 11 is 4.45. The fraction of sp³-hybridized carbons (Fsp3) is 0.500. The van der Waals surface area contributed by atoms with Crippen LogP contribution >= 0.6 is 11.6 Å². The van der Waals surface area contributed by atoms with Crippen LogP contribution in [0.3, 0.4) is 0 Å². The minimum Gasteiger partial charge on any atom is -0.598 e. The second-order valence-corrected chi connectivity index (χ2v) is 8.30. The Kier molecular flexibility index (Phi) is 7.07. The highest BCUT2D eigenvalue weighted by atomic mass is 35.5. The Balaban J connectivity index is 3.41. The monoisotopic (exact) mass is 358 g/mol. The van der Waals surface area contributed by atoms with Crippen LogP contribution in [-0.2, 0) is 26.4 Å². The first-order chi connectivity index (χ1) is 10.7. The van der Waals surface area contributed by atoms with E-state index in [4.69, 9.17) is 16.3 Å². The van der Waals surface area contributed by atoms with Crippen molar-refractivity contribution in [3.05, 3.63) is 41.7 Å². The van der Waals surface area contributed by atoms with Gasteiger partial charge in [0, 0.05) is 17.8 Å². The summed E-state index contributed by atoms with van der Waals surface area (Å²) < 4.78 is 20.2. The fourth-order valence-corrected chi connectivity index (χ4v) is 2.91. The van der Waals surface area contributed by atoms with E-state index in [1.54, 1.807) is 31.2 Å². The van der Waals surface area contributed by atoms with Crippen LogP contribution in [0.4, 0.5) is 0 Å². The van der Waals surface area contributed by atoms with Gasteiger partial charge in [0.2, 0.25) is 5.54 Å². The van der Waals surface area contributed by atoms with Crippen LogP contribution in [-0.4, -0.2) is 26.9 Å². The molecule has 0 radical (unpaired) electrons. The van der Waals surface area contributed by atoms with Crippen LogP contribution < -0.4 is 4.72 Å². The predicted molar refractivity (Wildman–Crippen MR) is 93.4 cm³/mol. The molecule has 1 rings (SSSR count). The highest BCUT2D eigenvalue weighted by molar-refractivity contribution is 7.90. The SMILES string of the molecule is C=CC[C@](N[S+]([O-])C(C)(C)C)(C(=O)OCC)c1cccc(Cl)n1. The lowest BCUT2D eigenvalue weighted by Gasteiger charge is -2.34. The van der Waals surface area contributed by atoms with Gasteiger partial charge in [-0.05, 0) is 39.8 Å². The van der Waals surface area contributed by atoms with Crippen molar-refractivity contribution < 1.29 is 14.1 Å². The molecule has 0 aliphatic heterocycles. The molecule has 1 unspecified atom stereocenters. The molecule has 0 saturated heterocycles. The fourth-order valence-electron chi connectivity index (χ4n) is 1.86. The summed E-state index contributed by atoms with van der Waals surface area (Å²) in [4.78, 5) is 16.9. The van der Waals surface area contributed by atoms with E-state index in [0.29, 0.717) is 5.69 Å². The highest BCUT2D eigenvalue weighted by Crippen LogP contribution is 2.30. The molecule has 0 aromatic carbocycles. The van der Waals surface area contributed by atoms with Gasteiger partial charge >= 0.3 is 5.97 Å². The number of carbonyl (C=O) groups is 1. The third kappa shape index (κ3) is 4.94. The van der Waals surface area contributed by atoms with E-state index < -0.39 is 27.6 Å². The topological polar surface area (TPSA) is 74.3 Å². The molecule has 1 aromatic heterocycles. The van der Waals surface area contributed by atoms with Crippen LogP contribution in [0.15, 0.2) is 30.9 Å². The molecule has 0 saturated carbocycles. The first-order valence-electron chi connectivity index (χ1n) is 7.28. The number of halogens is 1. The summed E-state index contributed by atoms with van der Waals surface area (Å²) in [5.74, 6) is -0.563. The number of hydrogen-bond donors (Lipinski definition) is 1. The Labute approximate surface area is 145 Å². The van der Waals surface area contributed by atoms with E-state index >= 15 is 0 Å². The van der Waals surface area contributed by atoms with E-state index in [1.807, 2.05) is 20.8 Å². The maximum Gasteiger partial charge on any atom is 0.337 e. The minimum absolute atomic E-state index is 0.168. The molecule has 1 N–H and O–H groups in total. The summed E-state index contributed by atoms with van der Waals surface area (Å²) in [7, 11) is 0. The minimum atomic E-state index is -1.52. The Morgan fingerprint density at radius 2 is 2.17 bits per heavy atom. The number of nitrogens with one attached hydrogen (secondary N) is 1. The number of rotatable bonds is 7. The maximum atomic E-state index is 12.7. The summed E-state index contributed by atoms with van der Waals surface area (Å²) in [6.45, 7) is 11.0. The lowest BCUT2D eigenvalue weighted by Crippen LogP contribution is -2.56. The van der Waals surface area contributed by atoms with Crippen LogP contribution in [0, 0.1) is 0 Å². The molecule has 0 spiro atoms. The lowest BCUT2D eigenvalue weighted by atomic mass is 9.92. The van der Waals surface area contributed by atoms with Crippen LogP contribution in [0.5, 0.6) is 0 Å². The first-order valence-corrected chi connectivity index (χ1v) is 8.81. The number of hydrogen-bond acceptors (Lipinski definition) is 5. The largest absolute Gasteiger partial charge is 0.598 e. The van der Waals surface area contributed by atoms with Gasteiger partial charge in [-0.2, -0.15) is 0 Å². The lowest BCUT2D eigenvalue weighted by molar-refractivity contribution is -0.151. The summed E-state index contributed by atoms with van der Waals surface area (Å²) in [5, 5.41) is 0.239. The average Bonchev–Trinajstić information content (AvgIpc) is 2.45. The third-order valence-electron chi connectivity index (χ3n) is 3.05.